The molecule has 0 radical (unpaired) electrons. The van der Waals surface area contributed by atoms with Crippen LogP contribution in [0.25, 0.3) is 11.0 Å². The third-order valence-electron chi connectivity index (χ3n) is 5.36. The fraction of sp³-hybridized carbons (Fsp3) is 0.375. The molecule has 0 atom stereocenters. The van der Waals surface area contributed by atoms with Gasteiger partial charge in [-0.3, -0.25) is 4.79 Å². The number of aryl methyl sites for hydroxylation is 1. The molecule has 1 aromatic heterocycles. The third-order valence-corrected chi connectivity index (χ3v) is 5.36. The molecular weight excluding hydrogens is 394 g/mol. The predicted molar refractivity (Wildman–Crippen MR) is 118 cm³/mol. The van der Waals surface area contributed by atoms with Crippen molar-refractivity contribution < 1.29 is 23.6 Å². The van der Waals surface area contributed by atoms with Crippen molar-refractivity contribution in [3.63, 3.8) is 0 Å². The summed E-state index contributed by atoms with van der Waals surface area (Å²) in [7, 11) is 1.64. The summed E-state index contributed by atoms with van der Waals surface area (Å²) in [4.78, 5) is 24.8. The highest BCUT2D eigenvalue weighted by Crippen LogP contribution is 2.18. The van der Waals surface area contributed by atoms with E-state index in [-0.39, 0.29) is 18.4 Å². The van der Waals surface area contributed by atoms with E-state index >= 15 is 0 Å². The van der Waals surface area contributed by atoms with Crippen molar-refractivity contribution in [2.45, 2.75) is 40.3 Å². The summed E-state index contributed by atoms with van der Waals surface area (Å²) in [6.07, 6.45) is 0.739. The zero-order chi connectivity index (χ0) is 22.4. The molecule has 1 heterocycles. The van der Waals surface area contributed by atoms with E-state index in [1.807, 2.05) is 41.8 Å². The molecular formula is C24H30N3O4+. The van der Waals surface area contributed by atoms with Gasteiger partial charge in [-0.1, -0.05) is 12.1 Å². The van der Waals surface area contributed by atoms with Gasteiger partial charge in [0, 0.05) is 19.5 Å². The minimum atomic E-state index is -0.359. The van der Waals surface area contributed by atoms with Gasteiger partial charge in [0.25, 0.3) is 11.7 Å². The molecule has 1 amide bonds. The zero-order valence-electron chi connectivity index (χ0n) is 18.6. The van der Waals surface area contributed by atoms with Crippen LogP contribution in [0.5, 0.6) is 5.75 Å². The fourth-order valence-corrected chi connectivity index (χ4v) is 3.74. The second-order valence-electron chi connectivity index (χ2n) is 7.25. The normalized spacial score (nSPS) is 10.8. The van der Waals surface area contributed by atoms with Gasteiger partial charge >= 0.3 is 5.97 Å². The highest BCUT2D eigenvalue weighted by molar-refractivity contribution is 5.93. The van der Waals surface area contributed by atoms with E-state index in [1.54, 1.807) is 26.2 Å². The summed E-state index contributed by atoms with van der Waals surface area (Å²) >= 11 is 0. The summed E-state index contributed by atoms with van der Waals surface area (Å²) in [5.41, 5.74) is 3.44. The summed E-state index contributed by atoms with van der Waals surface area (Å²) < 4.78 is 14.4. The molecule has 0 unspecified atom stereocenters. The third kappa shape index (κ3) is 5.05. The number of imidazole rings is 1. The number of methoxy groups -OCH3 is 1. The Morgan fingerprint density at radius 3 is 2.48 bits per heavy atom. The van der Waals surface area contributed by atoms with Crippen LogP contribution in [-0.4, -0.2) is 36.7 Å². The summed E-state index contributed by atoms with van der Waals surface area (Å²) in [6, 6.07) is 13.3. The molecule has 0 saturated carbocycles. The number of amides is 1. The van der Waals surface area contributed by atoms with Crippen LogP contribution in [-0.2, 0) is 29.0 Å². The first kappa shape index (κ1) is 22.3. The molecule has 0 aliphatic rings. The highest BCUT2D eigenvalue weighted by atomic mass is 16.5. The fourth-order valence-electron chi connectivity index (χ4n) is 3.74. The maximum atomic E-state index is 12.7. The maximum Gasteiger partial charge on any atom is 0.338 e. The smallest absolute Gasteiger partial charge is 0.338 e. The van der Waals surface area contributed by atoms with Crippen LogP contribution >= 0.6 is 0 Å². The van der Waals surface area contributed by atoms with E-state index in [4.69, 9.17) is 9.47 Å². The lowest BCUT2D eigenvalue weighted by Crippen LogP contribution is -2.36. The van der Waals surface area contributed by atoms with E-state index in [1.165, 1.54) is 0 Å². The molecule has 3 rings (SSSR count). The van der Waals surface area contributed by atoms with Crippen LogP contribution in [0.4, 0.5) is 0 Å². The van der Waals surface area contributed by atoms with Gasteiger partial charge in [0.1, 0.15) is 5.75 Å². The highest BCUT2D eigenvalue weighted by Gasteiger charge is 2.24. The Morgan fingerprint density at radius 2 is 1.84 bits per heavy atom. The van der Waals surface area contributed by atoms with Crippen LogP contribution in [0, 0.1) is 6.92 Å². The van der Waals surface area contributed by atoms with E-state index in [0.29, 0.717) is 18.7 Å². The van der Waals surface area contributed by atoms with Crippen LogP contribution in [0.2, 0.25) is 0 Å². The number of benzene rings is 2. The first-order valence-corrected chi connectivity index (χ1v) is 10.6. The minimum Gasteiger partial charge on any atom is -0.497 e. The second-order valence-corrected chi connectivity index (χ2v) is 7.25. The molecule has 0 aliphatic heterocycles. The number of aromatic nitrogens is 2. The molecule has 164 valence electrons. The van der Waals surface area contributed by atoms with Gasteiger partial charge < -0.3 is 14.8 Å². The largest absolute Gasteiger partial charge is 0.497 e. The Bertz CT molecular complexity index is 1070. The van der Waals surface area contributed by atoms with E-state index < -0.39 is 0 Å². The number of rotatable bonds is 9. The Hall–Kier alpha value is -3.35. The molecule has 2 aromatic carbocycles. The molecule has 31 heavy (non-hydrogen) atoms. The molecule has 0 fully saturated rings. The molecule has 0 bridgehead atoms. The number of carbonyl (C=O) groups excluding carboxylic acids is 2. The van der Waals surface area contributed by atoms with Crippen molar-refractivity contribution in [3.8, 4) is 5.75 Å². The summed E-state index contributed by atoms with van der Waals surface area (Å²) in [5.74, 6) is 1.35. The Labute approximate surface area is 182 Å². The molecule has 0 spiro atoms. The van der Waals surface area contributed by atoms with Crippen molar-refractivity contribution in [1.82, 2.24) is 9.88 Å². The number of hydrogen-bond donors (Lipinski definition) is 1. The Kier molecular flexibility index (Phi) is 7.28. The standard InChI is InChI=1S/C24H29N3O4/c1-5-26-17(3)27(22-15-19(9-12-21(22)26)24(29)31-6-2)16-23(28)25-14-13-18-7-10-20(30-4)11-8-18/h7-12,15H,5-6,13-14,16H2,1-4H3/p+1. The first-order valence-electron chi connectivity index (χ1n) is 10.6. The number of nitrogens with one attached hydrogen (secondary N) is 1. The van der Waals surface area contributed by atoms with Crippen LogP contribution in [0.1, 0.15) is 35.6 Å². The van der Waals surface area contributed by atoms with Crippen molar-refractivity contribution in [2.24, 2.45) is 0 Å². The first-order chi connectivity index (χ1) is 15.0. The van der Waals surface area contributed by atoms with E-state index in [2.05, 4.69) is 16.8 Å². The molecule has 3 aromatic rings. The topological polar surface area (TPSA) is 73.4 Å². The van der Waals surface area contributed by atoms with Gasteiger partial charge in [-0.25, -0.2) is 13.9 Å². The number of esters is 1. The van der Waals surface area contributed by atoms with Gasteiger partial charge in [-0.2, -0.15) is 0 Å². The van der Waals surface area contributed by atoms with Gasteiger partial charge in [-0.05, 0) is 50.1 Å². The molecule has 7 nitrogen and oxygen atoms in total. The van der Waals surface area contributed by atoms with Crippen molar-refractivity contribution >= 4 is 22.9 Å². The number of hydrogen-bond acceptors (Lipinski definition) is 4. The van der Waals surface area contributed by atoms with Gasteiger partial charge in [0.05, 0.1) is 25.8 Å². The minimum absolute atomic E-state index is 0.0710. The van der Waals surface area contributed by atoms with Gasteiger partial charge in [0.2, 0.25) is 0 Å². The number of carbonyl (C=O) groups is 2. The monoisotopic (exact) mass is 424 g/mol. The van der Waals surface area contributed by atoms with E-state index in [9.17, 15) is 9.59 Å². The van der Waals surface area contributed by atoms with Gasteiger partial charge in [0.15, 0.2) is 17.6 Å². The Balaban J connectivity index is 1.74. The SMILES string of the molecule is CCOC(=O)c1ccc2c(c1)n(CC(=O)NCCc1ccc(OC)cc1)c(C)[n+]2CC. The zero-order valence-corrected chi connectivity index (χ0v) is 18.6. The van der Waals surface area contributed by atoms with Crippen molar-refractivity contribution in [2.75, 3.05) is 20.3 Å². The number of fused-ring (bicyclic) bond motifs is 1. The molecule has 0 aliphatic carbocycles. The second kappa shape index (κ2) is 10.1. The van der Waals surface area contributed by atoms with Gasteiger partial charge in [-0.15, -0.1) is 0 Å². The van der Waals surface area contributed by atoms with Crippen LogP contribution < -0.4 is 14.6 Å². The lowest BCUT2D eigenvalue weighted by atomic mass is 10.1. The predicted octanol–water partition coefficient (Wildman–Crippen LogP) is 2.80. The Morgan fingerprint density at radius 1 is 1.10 bits per heavy atom. The number of nitrogens with zero attached hydrogens (tertiary/aromatic N) is 2. The molecule has 7 heteroatoms. The van der Waals surface area contributed by atoms with Crippen molar-refractivity contribution in [1.29, 1.82) is 0 Å². The van der Waals surface area contributed by atoms with Crippen LogP contribution in [0.3, 0.4) is 0 Å². The molecule has 0 saturated heterocycles. The van der Waals surface area contributed by atoms with Crippen LogP contribution in [0.15, 0.2) is 42.5 Å². The van der Waals surface area contributed by atoms with Crippen molar-refractivity contribution in [3.05, 3.63) is 59.4 Å². The average molecular weight is 425 g/mol. The van der Waals surface area contributed by atoms with E-state index in [0.717, 1.165) is 41.1 Å². The summed E-state index contributed by atoms with van der Waals surface area (Å²) in [6.45, 7) is 7.65. The maximum absolute atomic E-state index is 12.7. The quantitative estimate of drug-likeness (QED) is 0.424. The lowest BCUT2D eigenvalue weighted by molar-refractivity contribution is -0.674. The molecule has 1 N–H and O–H groups in total. The number of ether oxygens (including phenoxy) is 2. The average Bonchev–Trinajstić information content (AvgIpc) is 3.04. The lowest BCUT2D eigenvalue weighted by Gasteiger charge is -2.06. The summed E-state index contributed by atoms with van der Waals surface area (Å²) in [5, 5.41) is 2.99.